The lowest BCUT2D eigenvalue weighted by molar-refractivity contribution is 0.669. The molecule has 10 aromatic rings. The van der Waals surface area contributed by atoms with Gasteiger partial charge < -0.3 is 4.42 Å². The Hall–Kier alpha value is -7.94. The predicted octanol–water partition coefficient (Wildman–Crippen LogP) is 13.3. The number of nitrogens with zero attached hydrogens (tertiary/aromatic N) is 4. The minimum atomic E-state index is 0.539. The lowest BCUT2D eigenvalue weighted by atomic mass is 9.96. The van der Waals surface area contributed by atoms with E-state index in [1.165, 1.54) is 5.56 Å². The van der Waals surface area contributed by atoms with E-state index in [9.17, 15) is 5.26 Å². The number of aromatic nitrogens is 3. The van der Waals surface area contributed by atoms with Gasteiger partial charge in [-0.3, -0.25) is 0 Å². The highest BCUT2D eigenvalue weighted by Gasteiger charge is 2.18. The third-order valence-corrected chi connectivity index (χ3v) is 10.4. The van der Waals surface area contributed by atoms with Crippen molar-refractivity contribution in [2.75, 3.05) is 0 Å². The Morgan fingerprint density at radius 3 is 1.53 bits per heavy atom. The summed E-state index contributed by atoms with van der Waals surface area (Å²) in [5.41, 5.74) is 13.3. The molecule has 2 heterocycles. The van der Waals surface area contributed by atoms with Crippen LogP contribution >= 0.6 is 0 Å². The monoisotopic (exact) mass is 728 g/mol. The van der Waals surface area contributed by atoms with Gasteiger partial charge in [-0.05, 0) is 80.9 Å². The van der Waals surface area contributed by atoms with Crippen LogP contribution in [-0.2, 0) is 0 Å². The summed E-state index contributed by atoms with van der Waals surface area (Å²) in [6.45, 7) is 0. The van der Waals surface area contributed by atoms with Crippen LogP contribution in [-0.4, -0.2) is 15.0 Å². The summed E-state index contributed by atoms with van der Waals surface area (Å²) in [6.07, 6.45) is 0. The van der Waals surface area contributed by atoms with E-state index in [1.807, 2.05) is 97.1 Å². The standard InChI is InChI=1S/C52H32N4O/c53-33-43-16-7-8-21-44(43)36-24-26-37(27-25-36)50-54-51(41-20-10-18-39(31-41)35-14-5-2-6-15-35)56-52(55-50)42-28-29-46-48(32-42)57-47-23-11-22-45(49(46)47)40-19-9-17-38(30-40)34-12-3-1-4-13-34/h1-32H. The zero-order valence-electron chi connectivity index (χ0n) is 30.7. The minimum absolute atomic E-state index is 0.539. The number of fused-ring (bicyclic) bond motifs is 3. The number of benzene rings is 8. The highest BCUT2D eigenvalue weighted by atomic mass is 16.3. The first-order chi connectivity index (χ1) is 28.2. The van der Waals surface area contributed by atoms with Crippen molar-refractivity contribution in [1.82, 2.24) is 15.0 Å². The number of nitriles is 1. The summed E-state index contributed by atoms with van der Waals surface area (Å²) in [5.74, 6) is 1.65. The van der Waals surface area contributed by atoms with Crippen LogP contribution in [0.25, 0.3) is 101 Å². The van der Waals surface area contributed by atoms with Gasteiger partial charge in [0.25, 0.3) is 0 Å². The molecule has 0 saturated heterocycles. The second-order valence-corrected chi connectivity index (χ2v) is 13.9. The highest BCUT2D eigenvalue weighted by molar-refractivity contribution is 6.13. The van der Waals surface area contributed by atoms with Gasteiger partial charge in [0.15, 0.2) is 17.5 Å². The van der Waals surface area contributed by atoms with Crippen LogP contribution in [0.2, 0.25) is 0 Å². The van der Waals surface area contributed by atoms with Crippen LogP contribution in [0.3, 0.4) is 0 Å². The molecule has 0 radical (unpaired) electrons. The average molecular weight is 729 g/mol. The van der Waals surface area contributed by atoms with E-state index < -0.39 is 0 Å². The van der Waals surface area contributed by atoms with E-state index in [-0.39, 0.29) is 0 Å². The van der Waals surface area contributed by atoms with Gasteiger partial charge in [0.2, 0.25) is 0 Å². The molecule has 0 amide bonds. The third-order valence-electron chi connectivity index (χ3n) is 10.4. The molecule has 2 aromatic heterocycles. The van der Waals surface area contributed by atoms with Gasteiger partial charge in [0.05, 0.1) is 11.6 Å². The molecule has 0 aliphatic rings. The fourth-order valence-corrected chi connectivity index (χ4v) is 7.57. The third kappa shape index (κ3) is 6.42. The van der Waals surface area contributed by atoms with Crippen molar-refractivity contribution in [2.45, 2.75) is 0 Å². The molecule has 0 saturated carbocycles. The summed E-state index contributed by atoms with van der Waals surface area (Å²) < 4.78 is 6.57. The maximum atomic E-state index is 9.72. The molecule has 0 fully saturated rings. The molecule has 0 atom stereocenters. The lowest BCUT2D eigenvalue weighted by Gasteiger charge is -2.10. The molecular formula is C52H32N4O. The number of rotatable bonds is 7. The Morgan fingerprint density at radius 1 is 0.351 bits per heavy atom. The van der Waals surface area contributed by atoms with Crippen LogP contribution < -0.4 is 0 Å². The maximum absolute atomic E-state index is 9.72. The molecule has 57 heavy (non-hydrogen) atoms. The first-order valence-electron chi connectivity index (χ1n) is 18.8. The van der Waals surface area contributed by atoms with Crippen molar-refractivity contribution in [3.8, 4) is 84.7 Å². The van der Waals surface area contributed by atoms with Crippen molar-refractivity contribution in [3.05, 3.63) is 200 Å². The Bertz CT molecular complexity index is 3130. The van der Waals surface area contributed by atoms with Gasteiger partial charge in [-0.2, -0.15) is 5.26 Å². The second-order valence-electron chi connectivity index (χ2n) is 13.9. The van der Waals surface area contributed by atoms with Crippen molar-refractivity contribution >= 4 is 21.9 Å². The van der Waals surface area contributed by atoms with E-state index in [0.29, 0.717) is 23.0 Å². The highest BCUT2D eigenvalue weighted by Crippen LogP contribution is 2.39. The first-order valence-corrected chi connectivity index (χ1v) is 18.8. The van der Waals surface area contributed by atoms with Gasteiger partial charge in [0.1, 0.15) is 11.2 Å². The van der Waals surface area contributed by atoms with Crippen LogP contribution in [0.4, 0.5) is 0 Å². The van der Waals surface area contributed by atoms with Crippen molar-refractivity contribution in [3.63, 3.8) is 0 Å². The average Bonchev–Trinajstić information content (AvgIpc) is 3.68. The molecule has 0 unspecified atom stereocenters. The Balaban J connectivity index is 1.09. The van der Waals surface area contributed by atoms with Crippen LogP contribution in [0.15, 0.2) is 199 Å². The maximum Gasteiger partial charge on any atom is 0.164 e. The molecule has 0 spiro atoms. The molecule has 5 nitrogen and oxygen atoms in total. The van der Waals surface area contributed by atoms with Gasteiger partial charge >= 0.3 is 0 Å². The molecule has 0 aliphatic heterocycles. The SMILES string of the molecule is N#Cc1ccccc1-c1ccc(-c2nc(-c3cccc(-c4ccccc4)c3)nc(-c3ccc4c(c3)oc3cccc(-c5cccc(-c6ccccc6)c5)c34)n2)cc1. The predicted molar refractivity (Wildman–Crippen MR) is 230 cm³/mol. The van der Waals surface area contributed by atoms with Crippen molar-refractivity contribution in [2.24, 2.45) is 0 Å². The number of hydrogen-bond acceptors (Lipinski definition) is 5. The van der Waals surface area contributed by atoms with E-state index in [4.69, 9.17) is 19.4 Å². The summed E-state index contributed by atoms with van der Waals surface area (Å²) in [7, 11) is 0. The van der Waals surface area contributed by atoms with Crippen LogP contribution in [0.1, 0.15) is 5.56 Å². The number of furan rings is 1. The van der Waals surface area contributed by atoms with Crippen LogP contribution in [0.5, 0.6) is 0 Å². The molecule has 5 heteroatoms. The summed E-state index contributed by atoms with van der Waals surface area (Å²) >= 11 is 0. The van der Waals surface area contributed by atoms with Gasteiger partial charge in [-0.15, -0.1) is 0 Å². The molecule has 8 aromatic carbocycles. The quantitative estimate of drug-likeness (QED) is 0.163. The van der Waals surface area contributed by atoms with Gasteiger partial charge in [-0.25, -0.2) is 15.0 Å². The van der Waals surface area contributed by atoms with E-state index in [0.717, 1.165) is 77.6 Å². The topological polar surface area (TPSA) is 75.6 Å². The van der Waals surface area contributed by atoms with Gasteiger partial charge in [0, 0.05) is 27.5 Å². The zero-order chi connectivity index (χ0) is 38.1. The first kappa shape index (κ1) is 33.6. The van der Waals surface area contributed by atoms with E-state index in [2.05, 4.69) is 103 Å². The fourth-order valence-electron chi connectivity index (χ4n) is 7.57. The molecule has 0 bridgehead atoms. The molecule has 266 valence electrons. The van der Waals surface area contributed by atoms with Crippen molar-refractivity contribution in [1.29, 1.82) is 5.26 Å². The molecule has 0 aliphatic carbocycles. The second kappa shape index (κ2) is 14.4. The molecule has 0 N–H and O–H groups in total. The Labute approximate surface area is 329 Å². The Morgan fingerprint density at radius 2 is 0.842 bits per heavy atom. The summed E-state index contributed by atoms with van der Waals surface area (Å²) in [4.78, 5) is 15.2. The smallest absolute Gasteiger partial charge is 0.164 e. The normalized spacial score (nSPS) is 11.1. The lowest BCUT2D eigenvalue weighted by Crippen LogP contribution is -2.00. The Kier molecular flexibility index (Phi) is 8.48. The van der Waals surface area contributed by atoms with Crippen LogP contribution in [0, 0.1) is 11.3 Å². The van der Waals surface area contributed by atoms with E-state index in [1.54, 1.807) is 0 Å². The van der Waals surface area contributed by atoms with E-state index >= 15 is 0 Å². The molecule has 10 rings (SSSR count). The summed E-state index contributed by atoms with van der Waals surface area (Å²) in [5, 5.41) is 11.8. The minimum Gasteiger partial charge on any atom is -0.456 e. The van der Waals surface area contributed by atoms with Crippen molar-refractivity contribution < 1.29 is 4.42 Å². The zero-order valence-corrected chi connectivity index (χ0v) is 30.7. The number of hydrogen-bond donors (Lipinski definition) is 0. The largest absolute Gasteiger partial charge is 0.456 e. The summed E-state index contributed by atoms with van der Waals surface area (Å²) in [6, 6.07) is 68.1. The fraction of sp³-hybridized carbons (Fsp3) is 0. The molecular weight excluding hydrogens is 697 g/mol. The van der Waals surface area contributed by atoms with Gasteiger partial charge in [-0.1, -0.05) is 158 Å².